The highest BCUT2D eigenvalue weighted by molar-refractivity contribution is 5.62. The van der Waals surface area contributed by atoms with E-state index < -0.39 is 0 Å². The number of rotatable bonds is 9. The molecule has 0 fully saturated rings. The van der Waals surface area contributed by atoms with Crippen molar-refractivity contribution in [3.8, 4) is 11.5 Å². The lowest BCUT2D eigenvalue weighted by Gasteiger charge is -2.28. The standard InChI is InChI=1S/C24H27NO2/c1-3-26-22-15-16-24(27-4-2)23(17-22)25(18-20-11-7-5-8-12-20)19-21-13-9-6-10-14-21/h5-17H,3-4,18-19H2,1-2H3. The quantitative estimate of drug-likeness (QED) is 0.489. The van der Waals surface area contributed by atoms with Gasteiger partial charge in [-0.1, -0.05) is 60.7 Å². The van der Waals surface area contributed by atoms with Crippen molar-refractivity contribution < 1.29 is 9.47 Å². The molecule has 3 aromatic rings. The smallest absolute Gasteiger partial charge is 0.142 e. The first-order valence-electron chi connectivity index (χ1n) is 9.52. The maximum Gasteiger partial charge on any atom is 0.142 e. The summed E-state index contributed by atoms with van der Waals surface area (Å²) < 4.78 is 11.7. The first-order chi connectivity index (χ1) is 13.3. The van der Waals surface area contributed by atoms with E-state index in [1.165, 1.54) is 11.1 Å². The van der Waals surface area contributed by atoms with E-state index >= 15 is 0 Å². The van der Waals surface area contributed by atoms with Gasteiger partial charge in [0, 0.05) is 19.2 Å². The van der Waals surface area contributed by atoms with Crippen molar-refractivity contribution in [2.45, 2.75) is 26.9 Å². The number of anilines is 1. The first kappa shape index (κ1) is 18.8. The zero-order valence-electron chi connectivity index (χ0n) is 16.1. The lowest BCUT2D eigenvalue weighted by atomic mass is 10.1. The second kappa shape index (κ2) is 9.67. The summed E-state index contributed by atoms with van der Waals surface area (Å²) in [5, 5.41) is 0. The SMILES string of the molecule is CCOc1ccc(OCC)c(N(Cc2ccccc2)Cc2ccccc2)c1. The van der Waals surface area contributed by atoms with E-state index in [2.05, 4.69) is 59.5 Å². The number of benzene rings is 3. The van der Waals surface area contributed by atoms with Gasteiger partial charge in [-0.25, -0.2) is 0 Å². The summed E-state index contributed by atoms with van der Waals surface area (Å²) in [7, 11) is 0. The first-order valence-corrected chi connectivity index (χ1v) is 9.52. The third kappa shape index (κ3) is 5.27. The summed E-state index contributed by atoms with van der Waals surface area (Å²) in [5.74, 6) is 1.75. The van der Waals surface area contributed by atoms with Crippen molar-refractivity contribution in [3.63, 3.8) is 0 Å². The third-order valence-electron chi connectivity index (χ3n) is 4.31. The van der Waals surface area contributed by atoms with Gasteiger partial charge in [0.05, 0.1) is 18.9 Å². The fourth-order valence-corrected chi connectivity index (χ4v) is 3.11. The Morgan fingerprint density at radius 3 is 1.74 bits per heavy atom. The molecule has 3 aromatic carbocycles. The zero-order chi connectivity index (χ0) is 18.9. The van der Waals surface area contributed by atoms with Crippen LogP contribution >= 0.6 is 0 Å². The van der Waals surface area contributed by atoms with Gasteiger partial charge in [-0.2, -0.15) is 0 Å². The van der Waals surface area contributed by atoms with E-state index in [1.54, 1.807) is 0 Å². The van der Waals surface area contributed by atoms with Gasteiger partial charge in [-0.3, -0.25) is 0 Å². The Bertz CT molecular complexity index is 777. The Balaban J connectivity index is 1.98. The van der Waals surface area contributed by atoms with Crippen molar-refractivity contribution in [1.82, 2.24) is 0 Å². The predicted octanol–water partition coefficient (Wildman–Crippen LogP) is 5.69. The lowest BCUT2D eigenvalue weighted by Crippen LogP contribution is -2.23. The molecule has 3 rings (SSSR count). The van der Waals surface area contributed by atoms with Crippen LogP contribution in [0.15, 0.2) is 78.9 Å². The van der Waals surface area contributed by atoms with E-state index in [9.17, 15) is 0 Å². The van der Waals surface area contributed by atoms with Gasteiger partial charge in [0.25, 0.3) is 0 Å². The number of hydrogen-bond donors (Lipinski definition) is 0. The monoisotopic (exact) mass is 361 g/mol. The van der Waals surface area contributed by atoms with E-state index in [0.29, 0.717) is 13.2 Å². The average Bonchev–Trinajstić information content (AvgIpc) is 2.71. The van der Waals surface area contributed by atoms with Crippen LogP contribution in [0.4, 0.5) is 5.69 Å². The Labute approximate surface area is 162 Å². The molecule has 3 heteroatoms. The fourth-order valence-electron chi connectivity index (χ4n) is 3.11. The molecule has 0 unspecified atom stereocenters. The number of hydrogen-bond acceptors (Lipinski definition) is 3. The molecule has 0 bridgehead atoms. The normalized spacial score (nSPS) is 10.4. The maximum atomic E-state index is 5.93. The van der Waals surface area contributed by atoms with Crippen molar-refractivity contribution in [2.75, 3.05) is 18.1 Å². The maximum absolute atomic E-state index is 5.93. The van der Waals surface area contributed by atoms with Crippen LogP contribution in [0.25, 0.3) is 0 Å². The molecule has 0 saturated heterocycles. The molecule has 0 saturated carbocycles. The van der Waals surface area contributed by atoms with E-state index in [0.717, 1.165) is 30.3 Å². The van der Waals surface area contributed by atoms with Gasteiger partial charge >= 0.3 is 0 Å². The fraction of sp³-hybridized carbons (Fsp3) is 0.250. The Morgan fingerprint density at radius 1 is 0.667 bits per heavy atom. The van der Waals surface area contributed by atoms with Crippen LogP contribution in [0.1, 0.15) is 25.0 Å². The van der Waals surface area contributed by atoms with Crippen LogP contribution in [-0.4, -0.2) is 13.2 Å². The topological polar surface area (TPSA) is 21.7 Å². The molecule has 0 aromatic heterocycles. The molecular weight excluding hydrogens is 334 g/mol. The molecule has 140 valence electrons. The molecule has 0 N–H and O–H groups in total. The summed E-state index contributed by atoms with van der Waals surface area (Å²) >= 11 is 0. The molecule has 0 amide bonds. The van der Waals surface area contributed by atoms with Crippen molar-refractivity contribution in [2.24, 2.45) is 0 Å². The minimum absolute atomic E-state index is 0.630. The van der Waals surface area contributed by atoms with E-state index in [1.807, 2.05) is 38.1 Å². The number of nitrogens with zero attached hydrogens (tertiary/aromatic N) is 1. The second-order valence-corrected chi connectivity index (χ2v) is 6.32. The highest BCUT2D eigenvalue weighted by Crippen LogP contribution is 2.34. The third-order valence-corrected chi connectivity index (χ3v) is 4.31. The van der Waals surface area contributed by atoms with Gasteiger partial charge in [-0.05, 0) is 37.1 Å². The van der Waals surface area contributed by atoms with Crippen molar-refractivity contribution >= 4 is 5.69 Å². The minimum Gasteiger partial charge on any atom is -0.494 e. The van der Waals surface area contributed by atoms with Crippen LogP contribution in [0.5, 0.6) is 11.5 Å². The van der Waals surface area contributed by atoms with Gasteiger partial charge in [0.1, 0.15) is 11.5 Å². The van der Waals surface area contributed by atoms with E-state index in [4.69, 9.17) is 9.47 Å². The molecule has 0 atom stereocenters. The predicted molar refractivity (Wildman–Crippen MR) is 112 cm³/mol. The van der Waals surface area contributed by atoms with Gasteiger partial charge in [0.2, 0.25) is 0 Å². The van der Waals surface area contributed by atoms with Crippen LogP contribution in [0.3, 0.4) is 0 Å². The molecule has 0 aliphatic heterocycles. The lowest BCUT2D eigenvalue weighted by molar-refractivity contribution is 0.330. The van der Waals surface area contributed by atoms with Crippen molar-refractivity contribution in [1.29, 1.82) is 0 Å². The molecule has 0 spiro atoms. The van der Waals surface area contributed by atoms with Crippen molar-refractivity contribution in [3.05, 3.63) is 90.0 Å². The van der Waals surface area contributed by atoms with Crippen LogP contribution in [0, 0.1) is 0 Å². The largest absolute Gasteiger partial charge is 0.494 e. The summed E-state index contributed by atoms with van der Waals surface area (Å²) in [5.41, 5.74) is 3.57. The summed E-state index contributed by atoms with van der Waals surface area (Å²) in [4.78, 5) is 2.35. The van der Waals surface area contributed by atoms with Gasteiger partial charge < -0.3 is 14.4 Å². The zero-order valence-corrected chi connectivity index (χ0v) is 16.1. The summed E-state index contributed by atoms with van der Waals surface area (Å²) in [6, 6.07) is 27.1. The van der Waals surface area contributed by atoms with E-state index in [-0.39, 0.29) is 0 Å². The molecular formula is C24H27NO2. The number of ether oxygens (including phenoxy) is 2. The molecule has 3 nitrogen and oxygen atoms in total. The molecule has 27 heavy (non-hydrogen) atoms. The minimum atomic E-state index is 0.630. The Kier molecular flexibility index (Phi) is 6.75. The molecule has 0 aliphatic rings. The average molecular weight is 361 g/mol. The summed E-state index contributed by atoms with van der Waals surface area (Å²) in [6.45, 7) is 6.88. The molecule has 0 aliphatic carbocycles. The Hall–Kier alpha value is -2.94. The van der Waals surface area contributed by atoms with Crippen LogP contribution < -0.4 is 14.4 Å². The second-order valence-electron chi connectivity index (χ2n) is 6.32. The Morgan fingerprint density at radius 2 is 1.22 bits per heavy atom. The van der Waals surface area contributed by atoms with Gasteiger partial charge in [0.15, 0.2) is 0 Å². The highest BCUT2D eigenvalue weighted by Gasteiger charge is 2.15. The summed E-state index contributed by atoms with van der Waals surface area (Å²) in [6.07, 6.45) is 0. The molecule has 0 radical (unpaired) electrons. The van der Waals surface area contributed by atoms with Gasteiger partial charge in [-0.15, -0.1) is 0 Å². The van der Waals surface area contributed by atoms with Crippen LogP contribution in [-0.2, 0) is 13.1 Å². The molecule has 0 heterocycles. The van der Waals surface area contributed by atoms with Crippen LogP contribution in [0.2, 0.25) is 0 Å². The highest BCUT2D eigenvalue weighted by atomic mass is 16.5.